The maximum atomic E-state index is 12.0. The first kappa shape index (κ1) is 16.1. The molecule has 0 bridgehead atoms. The molecule has 0 aliphatic carbocycles. The number of hydrogen-bond acceptors (Lipinski definition) is 7. The molecule has 3 heterocycles. The lowest BCUT2D eigenvalue weighted by Gasteiger charge is -2.10. The summed E-state index contributed by atoms with van der Waals surface area (Å²) in [5.74, 6) is 1.41. The Labute approximate surface area is 147 Å². The Morgan fingerprint density at radius 2 is 2.16 bits per heavy atom. The number of aromatic amines is 1. The molecule has 0 radical (unpaired) electrons. The van der Waals surface area contributed by atoms with Crippen LogP contribution in [0.1, 0.15) is 18.7 Å². The van der Waals surface area contributed by atoms with Crippen LogP contribution in [0.4, 0.5) is 0 Å². The molecule has 1 atom stereocenters. The van der Waals surface area contributed by atoms with Gasteiger partial charge in [-0.2, -0.15) is 0 Å². The predicted molar refractivity (Wildman–Crippen MR) is 91.1 cm³/mol. The largest absolute Gasteiger partial charge is 0.420 e. The molecule has 1 N–H and O–H groups in total. The zero-order valence-electron chi connectivity index (χ0n) is 13.4. The lowest BCUT2D eigenvalue weighted by molar-refractivity contribution is 0.0941. The van der Waals surface area contributed by atoms with Crippen LogP contribution < -0.4 is 5.69 Å². The van der Waals surface area contributed by atoms with Gasteiger partial charge in [0.2, 0.25) is 11.8 Å². The van der Waals surface area contributed by atoms with Crippen molar-refractivity contribution in [2.24, 2.45) is 0 Å². The van der Waals surface area contributed by atoms with Crippen LogP contribution in [0.3, 0.4) is 0 Å². The van der Waals surface area contributed by atoms with E-state index in [-0.39, 0.29) is 11.8 Å². The van der Waals surface area contributed by atoms with E-state index in [2.05, 4.69) is 20.4 Å². The minimum Gasteiger partial charge on any atom is -0.420 e. The van der Waals surface area contributed by atoms with Crippen molar-refractivity contribution in [3.8, 4) is 11.5 Å². The average molecular weight is 359 g/mol. The molecule has 1 fully saturated rings. The van der Waals surface area contributed by atoms with E-state index in [1.165, 1.54) is 11.8 Å². The summed E-state index contributed by atoms with van der Waals surface area (Å²) in [5, 5.41) is 15.3. The summed E-state index contributed by atoms with van der Waals surface area (Å²) in [4.78, 5) is 12.0. The number of benzene rings is 1. The van der Waals surface area contributed by atoms with Crippen molar-refractivity contribution < 1.29 is 9.15 Å². The topological polar surface area (TPSA) is 98.8 Å². The molecule has 8 nitrogen and oxygen atoms in total. The van der Waals surface area contributed by atoms with Gasteiger partial charge in [-0.25, -0.2) is 9.89 Å². The van der Waals surface area contributed by atoms with Gasteiger partial charge in [0, 0.05) is 12.2 Å². The number of hydrogen-bond donors (Lipinski definition) is 1. The lowest BCUT2D eigenvalue weighted by Crippen LogP contribution is -2.24. The molecule has 1 aliphatic heterocycles. The normalized spacial score (nSPS) is 17.2. The highest BCUT2D eigenvalue weighted by Gasteiger charge is 2.20. The van der Waals surface area contributed by atoms with E-state index in [0.29, 0.717) is 29.2 Å². The summed E-state index contributed by atoms with van der Waals surface area (Å²) < 4.78 is 12.9. The van der Waals surface area contributed by atoms with Crippen LogP contribution in [0.5, 0.6) is 0 Å². The quantitative estimate of drug-likeness (QED) is 0.673. The van der Waals surface area contributed by atoms with Gasteiger partial charge >= 0.3 is 5.69 Å². The molecule has 2 aromatic heterocycles. The van der Waals surface area contributed by atoms with Crippen molar-refractivity contribution in [2.75, 3.05) is 6.61 Å². The smallest absolute Gasteiger partial charge is 0.344 e. The van der Waals surface area contributed by atoms with E-state index < -0.39 is 0 Å². The van der Waals surface area contributed by atoms with Crippen molar-refractivity contribution in [2.45, 2.75) is 36.4 Å². The van der Waals surface area contributed by atoms with Crippen molar-refractivity contribution >= 4 is 11.8 Å². The Hall–Kier alpha value is -2.39. The fraction of sp³-hybridized carbons (Fsp3) is 0.375. The highest BCUT2D eigenvalue weighted by molar-refractivity contribution is 7.98. The van der Waals surface area contributed by atoms with E-state index >= 15 is 0 Å². The third kappa shape index (κ3) is 3.67. The van der Waals surface area contributed by atoms with Crippen LogP contribution in [0.15, 0.2) is 44.7 Å². The summed E-state index contributed by atoms with van der Waals surface area (Å²) in [6.45, 7) is 1.26. The predicted octanol–water partition coefficient (Wildman–Crippen LogP) is 2.09. The first-order valence-electron chi connectivity index (χ1n) is 8.07. The van der Waals surface area contributed by atoms with Gasteiger partial charge in [-0.05, 0) is 25.0 Å². The number of nitrogens with one attached hydrogen (secondary N) is 1. The van der Waals surface area contributed by atoms with Crippen molar-refractivity contribution in [3.63, 3.8) is 0 Å². The molecule has 130 valence electrons. The molecule has 0 spiro atoms. The number of nitrogens with zero attached hydrogens (tertiary/aromatic N) is 4. The minimum absolute atomic E-state index is 0.0720. The second kappa shape index (κ2) is 7.24. The van der Waals surface area contributed by atoms with E-state index in [1.54, 1.807) is 4.57 Å². The Morgan fingerprint density at radius 3 is 2.96 bits per heavy atom. The molecule has 25 heavy (non-hydrogen) atoms. The van der Waals surface area contributed by atoms with Crippen LogP contribution in [0.25, 0.3) is 11.5 Å². The minimum atomic E-state index is -0.228. The second-order valence-corrected chi connectivity index (χ2v) is 6.66. The van der Waals surface area contributed by atoms with Crippen molar-refractivity contribution in [1.82, 2.24) is 25.0 Å². The van der Waals surface area contributed by atoms with Crippen LogP contribution >= 0.6 is 11.8 Å². The fourth-order valence-corrected chi connectivity index (χ4v) is 3.49. The van der Waals surface area contributed by atoms with Gasteiger partial charge in [-0.1, -0.05) is 30.0 Å². The maximum Gasteiger partial charge on any atom is 0.344 e. The average Bonchev–Trinajstić information content (AvgIpc) is 3.38. The molecule has 0 amide bonds. The second-order valence-electron chi connectivity index (χ2n) is 5.71. The highest BCUT2D eigenvalue weighted by atomic mass is 32.2. The standard InChI is InChI=1S/C16H17N5O3S/c22-15-19-20-16(21(15)9-12-7-4-8-23-12)25-10-13-17-18-14(24-13)11-5-2-1-3-6-11/h1-3,5-6,12H,4,7-10H2,(H,19,22)/t12-/m1/s1. The molecule has 0 unspecified atom stereocenters. The van der Waals surface area contributed by atoms with Gasteiger partial charge in [0.1, 0.15) is 0 Å². The molecule has 1 aliphatic rings. The first-order chi connectivity index (χ1) is 12.3. The van der Waals surface area contributed by atoms with E-state index in [1.807, 2.05) is 30.3 Å². The van der Waals surface area contributed by atoms with Gasteiger partial charge in [-0.3, -0.25) is 4.57 Å². The van der Waals surface area contributed by atoms with Crippen molar-refractivity contribution in [3.05, 3.63) is 46.7 Å². The Morgan fingerprint density at radius 1 is 1.28 bits per heavy atom. The Kier molecular flexibility index (Phi) is 4.66. The first-order valence-corrected chi connectivity index (χ1v) is 9.05. The van der Waals surface area contributed by atoms with Crippen LogP contribution in [-0.4, -0.2) is 37.7 Å². The van der Waals surface area contributed by atoms with E-state index in [9.17, 15) is 4.79 Å². The third-order valence-electron chi connectivity index (χ3n) is 3.95. The molecule has 4 rings (SSSR count). The van der Waals surface area contributed by atoms with Crippen molar-refractivity contribution in [1.29, 1.82) is 0 Å². The van der Waals surface area contributed by atoms with Gasteiger partial charge < -0.3 is 9.15 Å². The molecular weight excluding hydrogens is 342 g/mol. The number of aromatic nitrogens is 5. The molecular formula is C16H17N5O3S. The number of thioether (sulfide) groups is 1. The van der Waals surface area contributed by atoms with Crippen LogP contribution in [0.2, 0.25) is 0 Å². The fourth-order valence-electron chi connectivity index (χ4n) is 2.70. The Bertz CT molecular complexity index is 883. The van der Waals surface area contributed by atoms with Crippen LogP contribution in [0, 0.1) is 0 Å². The summed E-state index contributed by atoms with van der Waals surface area (Å²) in [6, 6.07) is 9.60. The lowest BCUT2D eigenvalue weighted by atomic mass is 10.2. The molecule has 0 saturated carbocycles. The Balaban J connectivity index is 1.43. The van der Waals surface area contributed by atoms with E-state index in [4.69, 9.17) is 9.15 Å². The third-order valence-corrected chi connectivity index (χ3v) is 4.91. The SMILES string of the molecule is O=c1[nH]nc(SCc2nnc(-c3ccccc3)o2)n1C[C@H]1CCCO1. The van der Waals surface area contributed by atoms with Crippen LogP contribution in [-0.2, 0) is 17.0 Å². The summed E-state index contributed by atoms with van der Waals surface area (Å²) in [7, 11) is 0. The molecule has 3 aromatic rings. The summed E-state index contributed by atoms with van der Waals surface area (Å²) >= 11 is 1.38. The molecule has 1 saturated heterocycles. The van der Waals surface area contributed by atoms with Gasteiger partial charge in [0.15, 0.2) is 5.16 Å². The van der Waals surface area contributed by atoms with Gasteiger partial charge in [0.25, 0.3) is 0 Å². The number of H-pyrrole nitrogens is 1. The molecule has 9 heteroatoms. The van der Waals surface area contributed by atoms with Gasteiger partial charge in [0.05, 0.1) is 18.4 Å². The summed E-state index contributed by atoms with van der Waals surface area (Å²) in [6.07, 6.45) is 2.07. The van der Waals surface area contributed by atoms with E-state index in [0.717, 1.165) is 25.0 Å². The number of ether oxygens (including phenoxy) is 1. The highest BCUT2D eigenvalue weighted by Crippen LogP contribution is 2.23. The zero-order valence-corrected chi connectivity index (χ0v) is 14.2. The summed E-state index contributed by atoms with van der Waals surface area (Å²) in [5.41, 5.74) is 0.648. The maximum absolute atomic E-state index is 12.0. The number of rotatable bonds is 6. The molecule has 1 aromatic carbocycles. The van der Waals surface area contributed by atoms with Gasteiger partial charge in [-0.15, -0.1) is 15.3 Å². The zero-order chi connectivity index (χ0) is 17.1. The monoisotopic (exact) mass is 359 g/mol.